The van der Waals surface area contributed by atoms with E-state index in [-0.39, 0.29) is 11.6 Å². The summed E-state index contributed by atoms with van der Waals surface area (Å²) in [5.41, 5.74) is 0. The van der Waals surface area contributed by atoms with Crippen LogP contribution in [0.15, 0.2) is 23.6 Å². The van der Waals surface area contributed by atoms with Crippen molar-refractivity contribution in [2.45, 2.75) is 25.0 Å². The van der Waals surface area contributed by atoms with Crippen LogP contribution in [0.5, 0.6) is 0 Å². The number of aromatic nitrogens is 5. The molecule has 17 heavy (non-hydrogen) atoms. The summed E-state index contributed by atoms with van der Waals surface area (Å²) in [5, 5.41) is 13.6. The molecule has 0 saturated heterocycles. The highest BCUT2D eigenvalue weighted by atomic mass is 32.2. The SMILES string of the molecule is CCn1cnnc1CNS(=O)(=O)c1ccn[nH]1. The van der Waals surface area contributed by atoms with Crippen LogP contribution in [-0.2, 0) is 23.1 Å². The van der Waals surface area contributed by atoms with Crippen molar-refractivity contribution in [3.8, 4) is 0 Å². The standard InChI is InChI=1S/C8H12N6O2S/c1-2-14-6-10-12-7(14)5-11-17(15,16)8-3-4-9-13-8/h3-4,6,11H,2,5H2,1H3,(H,9,13). The summed E-state index contributed by atoms with van der Waals surface area (Å²) in [5.74, 6) is 0.565. The molecule has 0 saturated carbocycles. The van der Waals surface area contributed by atoms with Crippen LogP contribution in [0.3, 0.4) is 0 Å². The Morgan fingerprint density at radius 2 is 2.35 bits per heavy atom. The van der Waals surface area contributed by atoms with Crippen molar-refractivity contribution in [1.82, 2.24) is 29.7 Å². The van der Waals surface area contributed by atoms with E-state index in [0.717, 1.165) is 0 Å². The van der Waals surface area contributed by atoms with Gasteiger partial charge in [0.15, 0.2) is 5.03 Å². The second kappa shape index (κ2) is 4.63. The Bertz CT molecular complexity index is 573. The van der Waals surface area contributed by atoms with E-state index in [0.29, 0.717) is 12.4 Å². The van der Waals surface area contributed by atoms with E-state index in [1.807, 2.05) is 6.92 Å². The molecule has 0 aromatic carbocycles. The van der Waals surface area contributed by atoms with Crippen LogP contribution in [0.2, 0.25) is 0 Å². The Labute approximate surface area is 98.1 Å². The molecule has 2 aromatic rings. The number of nitrogens with one attached hydrogen (secondary N) is 2. The van der Waals surface area contributed by atoms with Gasteiger partial charge in [0.25, 0.3) is 10.0 Å². The van der Waals surface area contributed by atoms with Crippen molar-refractivity contribution in [2.75, 3.05) is 0 Å². The van der Waals surface area contributed by atoms with Crippen molar-refractivity contribution in [3.63, 3.8) is 0 Å². The molecule has 0 unspecified atom stereocenters. The van der Waals surface area contributed by atoms with Crippen LogP contribution < -0.4 is 4.72 Å². The zero-order valence-corrected chi connectivity index (χ0v) is 9.98. The number of aryl methyl sites for hydroxylation is 1. The fraction of sp³-hybridized carbons (Fsp3) is 0.375. The molecule has 0 fully saturated rings. The number of rotatable bonds is 5. The minimum atomic E-state index is -3.57. The summed E-state index contributed by atoms with van der Waals surface area (Å²) in [6.45, 7) is 2.71. The average molecular weight is 256 g/mol. The molecular formula is C8H12N6O2S. The first-order chi connectivity index (χ1) is 8.13. The van der Waals surface area contributed by atoms with E-state index < -0.39 is 10.0 Å². The lowest BCUT2D eigenvalue weighted by atomic mass is 10.6. The lowest BCUT2D eigenvalue weighted by Gasteiger charge is -2.05. The number of hydrogen-bond donors (Lipinski definition) is 2. The quantitative estimate of drug-likeness (QED) is 0.750. The number of sulfonamides is 1. The highest BCUT2D eigenvalue weighted by molar-refractivity contribution is 7.89. The second-order valence-corrected chi connectivity index (χ2v) is 5.01. The summed E-state index contributed by atoms with van der Waals surface area (Å²) in [6.07, 6.45) is 2.93. The molecule has 2 N–H and O–H groups in total. The van der Waals surface area contributed by atoms with E-state index in [9.17, 15) is 8.42 Å². The monoisotopic (exact) mass is 256 g/mol. The Morgan fingerprint density at radius 3 is 3.00 bits per heavy atom. The fourth-order valence-corrected chi connectivity index (χ4v) is 2.20. The second-order valence-electron chi connectivity index (χ2n) is 3.28. The van der Waals surface area contributed by atoms with Gasteiger partial charge in [0.2, 0.25) is 0 Å². The van der Waals surface area contributed by atoms with Crippen LogP contribution in [0.1, 0.15) is 12.7 Å². The lowest BCUT2D eigenvalue weighted by molar-refractivity contribution is 0.571. The molecule has 0 spiro atoms. The van der Waals surface area contributed by atoms with E-state index in [2.05, 4.69) is 25.1 Å². The van der Waals surface area contributed by atoms with Crippen LogP contribution in [0, 0.1) is 0 Å². The van der Waals surface area contributed by atoms with Gasteiger partial charge in [-0.2, -0.15) is 5.10 Å². The smallest absolute Gasteiger partial charge is 0.257 e. The van der Waals surface area contributed by atoms with Gasteiger partial charge in [-0.25, -0.2) is 13.1 Å². The molecule has 0 bridgehead atoms. The van der Waals surface area contributed by atoms with Gasteiger partial charge in [0.05, 0.1) is 12.7 Å². The third kappa shape index (κ3) is 2.50. The maximum absolute atomic E-state index is 11.7. The van der Waals surface area contributed by atoms with E-state index in [1.54, 1.807) is 10.9 Å². The van der Waals surface area contributed by atoms with Gasteiger partial charge in [0, 0.05) is 6.54 Å². The fourth-order valence-electron chi connectivity index (χ4n) is 1.31. The number of H-pyrrole nitrogens is 1. The van der Waals surface area contributed by atoms with Crippen molar-refractivity contribution in [1.29, 1.82) is 0 Å². The maximum atomic E-state index is 11.7. The molecular weight excluding hydrogens is 244 g/mol. The minimum absolute atomic E-state index is 0.0278. The first kappa shape index (κ1) is 11.7. The largest absolute Gasteiger partial charge is 0.317 e. The van der Waals surface area contributed by atoms with Gasteiger partial charge in [-0.05, 0) is 13.0 Å². The summed E-state index contributed by atoms with van der Waals surface area (Å²) < 4.78 is 27.7. The van der Waals surface area contributed by atoms with Crippen LogP contribution >= 0.6 is 0 Å². The summed E-state index contributed by atoms with van der Waals surface area (Å²) >= 11 is 0. The minimum Gasteiger partial charge on any atom is -0.317 e. The molecule has 92 valence electrons. The van der Waals surface area contributed by atoms with Crippen molar-refractivity contribution in [3.05, 3.63) is 24.4 Å². The van der Waals surface area contributed by atoms with E-state index in [4.69, 9.17) is 0 Å². The molecule has 2 rings (SSSR count). The van der Waals surface area contributed by atoms with Gasteiger partial charge in [-0.1, -0.05) is 0 Å². The topological polar surface area (TPSA) is 106 Å². The molecule has 0 atom stereocenters. The predicted molar refractivity (Wildman–Crippen MR) is 58.3 cm³/mol. The first-order valence-electron chi connectivity index (χ1n) is 4.99. The molecule has 2 heterocycles. The Balaban J connectivity index is 2.08. The van der Waals surface area contributed by atoms with Crippen molar-refractivity contribution in [2.24, 2.45) is 0 Å². The maximum Gasteiger partial charge on any atom is 0.257 e. The van der Waals surface area contributed by atoms with E-state index >= 15 is 0 Å². The van der Waals surface area contributed by atoms with Crippen LogP contribution in [0.25, 0.3) is 0 Å². The summed E-state index contributed by atoms with van der Waals surface area (Å²) in [4.78, 5) is 0. The molecule has 0 amide bonds. The zero-order valence-electron chi connectivity index (χ0n) is 9.16. The number of aromatic amines is 1. The highest BCUT2D eigenvalue weighted by Crippen LogP contribution is 2.03. The van der Waals surface area contributed by atoms with Crippen molar-refractivity contribution < 1.29 is 8.42 Å². The molecule has 0 radical (unpaired) electrons. The highest BCUT2D eigenvalue weighted by Gasteiger charge is 2.16. The predicted octanol–water partition coefficient (Wildman–Crippen LogP) is -0.500. The van der Waals surface area contributed by atoms with Crippen molar-refractivity contribution >= 4 is 10.0 Å². The number of nitrogens with zero attached hydrogens (tertiary/aromatic N) is 4. The molecule has 2 aromatic heterocycles. The Hall–Kier alpha value is -1.74. The van der Waals surface area contributed by atoms with Gasteiger partial charge in [-0.15, -0.1) is 10.2 Å². The molecule has 0 aliphatic carbocycles. The zero-order chi connectivity index (χ0) is 12.3. The molecule has 0 aliphatic heterocycles. The molecule has 9 heteroatoms. The summed E-state index contributed by atoms with van der Waals surface area (Å²) in [7, 11) is -3.57. The van der Waals surface area contributed by atoms with Gasteiger partial charge in [0.1, 0.15) is 12.2 Å². The van der Waals surface area contributed by atoms with Crippen LogP contribution in [-0.4, -0.2) is 33.4 Å². The number of hydrogen-bond acceptors (Lipinski definition) is 5. The Morgan fingerprint density at radius 1 is 1.53 bits per heavy atom. The van der Waals surface area contributed by atoms with Crippen LogP contribution in [0.4, 0.5) is 0 Å². The van der Waals surface area contributed by atoms with E-state index in [1.165, 1.54) is 12.3 Å². The first-order valence-corrected chi connectivity index (χ1v) is 6.47. The van der Waals surface area contributed by atoms with Gasteiger partial charge >= 0.3 is 0 Å². The lowest BCUT2D eigenvalue weighted by Crippen LogP contribution is -2.25. The van der Waals surface area contributed by atoms with Gasteiger partial charge in [-0.3, -0.25) is 5.10 Å². The normalized spacial score (nSPS) is 11.8. The average Bonchev–Trinajstić information content (AvgIpc) is 2.97. The molecule has 0 aliphatic rings. The third-order valence-corrected chi connectivity index (χ3v) is 3.55. The summed E-state index contributed by atoms with van der Waals surface area (Å²) in [6, 6.07) is 1.38. The Kier molecular flexibility index (Phi) is 3.20. The molecule has 8 nitrogen and oxygen atoms in total. The third-order valence-electron chi connectivity index (χ3n) is 2.22. The van der Waals surface area contributed by atoms with Gasteiger partial charge < -0.3 is 4.57 Å².